The predicted molar refractivity (Wildman–Crippen MR) is 79.2 cm³/mol. The molecule has 2 heterocycles. The number of fused-ring (bicyclic) bond motifs is 1. The SMILES string of the molecule is O=C1N(c2ccc3c(c2)OCO3)C(c2ccc(Cl)cc2)C1(F)F. The zero-order chi connectivity index (χ0) is 16.2. The summed E-state index contributed by atoms with van der Waals surface area (Å²) in [6, 6.07) is 9.34. The molecule has 1 unspecified atom stereocenters. The highest BCUT2D eigenvalue weighted by molar-refractivity contribution is 6.30. The molecule has 1 atom stereocenters. The molecule has 4 nitrogen and oxygen atoms in total. The van der Waals surface area contributed by atoms with Crippen molar-refractivity contribution in [3.63, 3.8) is 0 Å². The van der Waals surface area contributed by atoms with Gasteiger partial charge in [-0.25, -0.2) is 0 Å². The van der Waals surface area contributed by atoms with E-state index in [4.69, 9.17) is 21.1 Å². The second kappa shape index (κ2) is 4.83. The highest BCUT2D eigenvalue weighted by atomic mass is 35.5. The summed E-state index contributed by atoms with van der Waals surface area (Å²) in [5.74, 6) is -3.74. The molecule has 0 aliphatic carbocycles. The van der Waals surface area contributed by atoms with Gasteiger partial charge in [0.25, 0.3) is 0 Å². The van der Waals surface area contributed by atoms with Crippen LogP contribution < -0.4 is 14.4 Å². The van der Waals surface area contributed by atoms with Crippen molar-refractivity contribution >= 4 is 23.2 Å². The summed E-state index contributed by atoms with van der Waals surface area (Å²) in [5, 5.41) is 0.442. The number of halogens is 3. The molecule has 1 saturated heterocycles. The zero-order valence-electron chi connectivity index (χ0n) is 11.6. The molecule has 0 saturated carbocycles. The standard InChI is InChI=1S/C16H10ClF2NO3/c17-10-3-1-9(2-4-10)14-16(18,19)15(21)20(14)11-5-6-12-13(7-11)23-8-22-12/h1-7,14H,8H2. The molecule has 0 aromatic heterocycles. The number of anilines is 1. The number of benzene rings is 2. The average molecular weight is 338 g/mol. The molecule has 2 aliphatic rings. The van der Waals surface area contributed by atoms with Crippen LogP contribution in [-0.4, -0.2) is 18.6 Å². The van der Waals surface area contributed by atoms with E-state index < -0.39 is 17.9 Å². The first-order valence-electron chi connectivity index (χ1n) is 6.85. The lowest BCUT2D eigenvalue weighted by atomic mass is 9.89. The summed E-state index contributed by atoms with van der Waals surface area (Å²) in [4.78, 5) is 13.0. The molecule has 23 heavy (non-hydrogen) atoms. The molecular weight excluding hydrogens is 328 g/mol. The average Bonchev–Trinajstić information content (AvgIpc) is 3.00. The van der Waals surface area contributed by atoms with Crippen molar-refractivity contribution in [1.29, 1.82) is 0 Å². The van der Waals surface area contributed by atoms with Crippen molar-refractivity contribution in [3.8, 4) is 11.5 Å². The Bertz CT molecular complexity index is 794. The van der Waals surface area contributed by atoms with E-state index in [-0.39, 0.29) is 6.79 Å². The lowest BCUT2D eigenvalue weighted by molar-refractivity contribution is -0.162. The van der Waals surface area contributed by atoms with Crippen LogP contribution in [0.15, 0.2) is 42.5 Å². The minimum absolute atomic E-state index is 0.0729. The number of β-lactam (4-membered cyclic amide) rings is 1. The van der Waals surface area contributed by atoms with Gasteiger partial charge in [0.2, 0.25) is 6.79 Å². The molecule has 4 rings (SSSR count). The molecule has 2 aromatic rings. The summed E-state index contributed by atoms with van der Waals surface area (Å²) >= 11 is 5.80. The van der Waals surface area contributed by atoms with Crippen molar-refractivity contribution in [2.45, 2.75) is 12.0 Å². The summed E-state index contributed by atoms with van der Waals surface area (Å²) in [6.07, 6.45) is 0. The van der Waals surface area contributed by atoms with Crippen molar-refractivity contribution in [2.24, 2.45) is 0 Å². The molecule has 0 radical (unpaired) electrons. The third kappa shape index (κ3) is 2.05. The summed E-state index contributed by atoms with van der Waals surface area (Å²) in [7, 11) is 0. The largest absolute Gasteiger partial charge is 0.454 e. The number of amides is 1. The normalized spacial score (nSPS) is 21.3. The Kier molecular flexibility index (Phi) is 2.99. The Morgan fingerprint density at radius 2 is 1.78 bits per heavy atom. The summed E-state index contributed by atoms with van der Waals surface area (Å²) in [5.41, 5.74) is 0.654. The topological polar surface area (TPSA) is 38.8 Å². The molecule has 0 spiro atoms. The molecular formula is C16H10ClF2NO3. The van der Waals surface area contributed by atoms with E-state index in [0.717, 1.165) is 4.90 Å². The van der Waals surface area contributed by atoms with E-state index in [1.54, 1.807) is 12.1 Å². The van der Waals surface area contributed by atoms with Crippen LogP contribution in [-0.2, 0) is 4.79 Å². The van der Waals surface area contributed by atoms with E-state index in [0.29, 0.717) is 27.8 Å². The van der Waals surface area contributed by atoms with Gasteiger partial charge in [-0.1, -0.05) is 23.7 Å². The Labute approximate surface area is 135 Å². The lowest BCUT2D eigenvalue weighted by Gasteiger charge is -2.46. The first-order valence-corrected chi connectivity index (χ1v) is 7.23. The zero-order valence-corrected chi connectivity index (χ0v) is 12.4. The van der Waals surface area contributed by atoms with Gasteiger partial charge in [-0.3, -0.25) is 9.69 Å². The van der Waals surface area contributed by atoms with Gasteiger partial charge in [0.05, 0.1) is 0 Å². The molecule has 1 amide bonds. The highest BCUT2D eigenvalue weighted by Crippen LogP contribution is 2.51. The van der Waals surface area contributed by atoms with Gasteiger partial charge in [-0.05, 0) is 29.8 Å². The molecule has 0 bridgehead atoms. The maximum atomic E-state index is 14.1. The molecule has 1 fully saturated rings. The van der Waals surface area contributed by atoms with Crippen LogP contribution in [0.3, 0.4) is 0 Å². The monoisotopic (exact) mass is 337 g/mol. The van der Waals surface area contributed by atoms with E-state index in [1.165, 1.54) is 30.3 Å². The smallest absolute Gasteiger partial charge is 0.349 e. The molecule has 0 N–H and O–H groups in total. The number of hydrogen-bond donors (Lipinski definition) is 0. The second-order valence-corrected chi connectivity index (χ2v) is 5.73. The van der Waals surface area contributed by atoms with E-state index in [2.05, 4.69) is 0 Å². The Morgan fingerprint density at radius 1 is 1.09 bits per heavy atom. The van der Waals surface area contributed by atoms with E-state index in [1.807, 2.05) is 0 Å². The van der Waals surface area contributed by atoms with Gasteiger partial charge in [0.15, 0.2) is 11.5 Å². The van der Waals surface area contributed by atoms with Gasteiger partial charge in [-0.15, -0.1) is 0 Å². The highest BCUT2D eigenvalue weighted by Gasteiger charge is 2.64. The fraction of sp³-hybridized carbons (Fsp3) is 0.188. The van der Waals surface area contributed by atoms with Gasteiger partial charge in [0.1, 0.15) is 6.04 Å². The molecule has 2 aliphatic heterocycles. The number of ether oxygens (including phenoxy) is 2. The lowest BCUT2D eigenvalue weighted by Crippen LogP contribution is -2.64. The van der Waals surface area contributed by atoms with Gasteiger partial charge in [0, 0.05) is 16.8 Å². The van der Waals surface area contributed by atoms with Crippen LogP contribution in [0.25, 0.3) is 0 Å². The van der Waals surface area contributed by atoms with Gasteiger partial charge >= 0.3 is 11.8 Å². The Morgan fingerprint density at radius 3 is 2.52 bits per heavy atom. The molecule has 2 aromatic carbocycles. The maximum Gasteiger partial charge on any atom is 0.349 e. The fourth-order valence-electron chi connectivity index (χ4n) is 2.80. The second-order valence-electron chi connectivity index (χ2n) is 5.29. The van der Waals surface area contributed by atoms with Crippen LogP contribution in [0.2, 0.25) is 5.02 Å². The van der Waals surface area contributed by atoms with E-state index in [9.17, 15) is 13.6 Å². The van der Waals surface area contributed by atoms with Crippen LogP contribution in [0.5, 0.6) is 11.5 Å². The number of alkyl halides is 2. The Balaban J connectivity index is 1.74. The van der Waals surface area contributed by atoms with Crippen LogP contribution in [0, 0.1) is 0 Å². The number of carbonyl (C=O) groups excluding carboxylic acids is 1. The number of carbonyl (C=O) groups is 1. The van der Waals surface area contributed by atoms with Crippen LogP contribution >= 0.6 is 11.6 Å². The molecule has 7 heteroatoms. The van der Waals surface area contributed by atoms with Gasteiger partial charge < -0.3 is 9.47 Å². The fourth-order valence-corrected chi connectivity index (χ4v) is 2.92. The minimum atomic E-state index is -3.45. The predicted octanol–water partition coefficient (Wildman–Crippen LogP) is 3.79. The van der Waals surface area contributed by atoms with Crippen LogP contribution in [0.4, 0.5) is 14.5 Å². The first kappa shape index (κ1) is 14.3. The quantitative estimate of drug-likeness (QED) is 0.783. The third-order valence-electron chi connectivity index (χ3n) is 3.93. The number of nitrogens with zero attached hydrogens (tertiary/aromatic N) is 1. The van der Waals surface area contributed by atoms with Crippen molar-refractivity contribution in [3.05, 3.63) is 53.1 Å². The minimum Gasteiger partial charge on any atom is -0.454 e. The molecule has 118 valence electrons. The maximum absolute atomic E-state index is 14.1. The van der Waals surface area contributed by atoms with Crippen molar-refractivity contribution in [2.75, 3.05) is 11.7 Å². The summed E-state index contributed by atoms with van der Waals surface area (Å²) in [6.45, 7) is 0.0729. The van der Waals surface area contributed by atoms with Crippen molar-refractivity contribution in [1.82, 2.24) is 0 Å². The van der Waals surface area contributed by atoms with Crippen LogP contribution in [0.1, 0.15) is 11.6 Å². The third-order valence-corrected chi connectivity index (χ3v) is 4.18. The van der Waals surface area contributed by atoms with E-state index >= 15 is 0 Å². The van der Waals surface area contributed by atoms with Gasteiger partial charge in [-0.2, -0.15) is 8.78 Å². The Hall–Kier alpha value is -2.34. The number of hydrogen-bond acceptors (Lipinski definition) is 3. The summed E-state index contributed by atoms with van der Waals surface area (Å²) < 4.78 is 38.6. The first-order chi connectivity index (χ1) is 11.0. The number of rotatable bonds is 2. The van der Waals surface area contributed by atoms with Crippen molar-refractivity contribution < 1.29 is 23.0 Å².